The zero-order chi connectivity index (χ0) is 18.0. The van der Waals surface area contributed by atoms with Gasteiger partial charge in [-0.1, -0.05) is 6.07 Å². The Morgan fingerprint density at radius 2 is 1.64 bits per heavy atom. The molecule has 132 valence electrons. The first kappa shape index (κ1) is 17.0. The maximum absolute atomic E-state index is 13.0. The van der Waals surface area contributed by atoms with Crippen molar-refractivity contribution in [2.24, 2.45) is 0 Å². The van der Waals surface area contributed by atoms with Crippen LogP contribution in [0.5, 0.6) is 23.0 Å². The lowest BCUT2D eigenvalue weighted by Gasteiger charge is -2.29. The molecule has 2 aromatic carbocycles. The fourth-order valence-electron chi connectivity index (χ4n) is 3.08. The lowest BCUT2D eigenvalue weighted by Crippen LogP contribution is -2.36. The van der Waals surface area contributed by atoms with Crippen LogP contribution in [0.25, 0.3) is 0 Å². The van der Waals surface area contributed by atoms with Gasteiger partial charge in [-0.25, -0.2) is 0 Å². The van der Waals surface area contributed by atoms with Crippen LogP contribution >= 0.6 is 0 Å². The van der Waals surface area contributed by atoms with Gasteiger partial charge in [-0.2, -0.15) is 0 Å². The molecule has 25 heavy (non-hydrogen) atoms. The molecule has 2 aromatic rings. The second kappa shape index (κ2) is 6.93. The van der Waals surface area contributed by atoms with Crippen molar-refractivity contribution >= 4 is 5.91 Å². The topological polar surface area (TPSA) is 68.2 Å². The average molecular weight is 343 g/mol. The van der Waals surface area contributed by atoms with E-state index in [1.807, 2.05) is 6.07 Å². The maximum Gasteiger partial charge on any atom is 0.258 e. The number of carbonyl (C=O) groups is 1. The molecule has 0 saturated heterocycles. The minimum Gasteiger partial charge on any atom is -0.508 e. The molecule has 0 bridgehead atoms. The van der Waals surface area contributed by atoms with E-state index in [2.05, 4.69) is 0 Å². The molecule has 1 amide bonds. The highest BCUT2D eigenvalue weighted by Crippen LogP contribution is 2.36. The molecule has 1 aliphatic heterocycles. The van der Waals surface area contributed by atoms with Crippen molar-refractivity contribution in [1.29, 1.82) is 0 Å². The molecule has 0 spiro atoms. The Morgan fingerprint density at radius 1 is 0.960 bits per heavy atom. The highest BCUT2D eigenvalue weighted by Gasteiger charge is 2.26. The van der Waals surface area contributed by atoms with Crippen molar-refractivity contribution < 1.29 is 24.1 Å². The molecule has 0 aliphatic carbocycles. The van der Waals surface area contributed by atoms with Crippen molar-refractivity contribution in [2.75, 3.05) is 27.9 Å². The van der Waals surface area contributed by atoms with Gasteiger partial charge in [-0.15, -0.1) is 0 Å². The molecular weight excluding hydrogens is 322 g/mol. The van der Waals surface area contributed by atoms with Crippen LogP contribution in [0.3, 0.4) is 0 Å². The number of phenolic OH excluding ortho intramolecular Hbond substituents is 1. The number of amides is 1. The molecule has 0 aromatic heterocycles. The van der Waals surface area contributed by atoms with E-state index in [1.165, 1.54) is 21.3 Å². The fourth-order valence-corrected chi connectivity index (χ4v) is 3.08. The van der Waals surface area contributed by atoms with E-state index >= 15 is 0 Å². The quantitative estimate of drug-likeness (QED) is 0.924. The van der Waals surface area contributed by atoms with Gasteiger partial charge in [-0.05, 0) is 29.7 Å². The number of methoxy groups -OCH3 is 3. The summed E-state index contributed by atoms with van der Waals surface area (Å²) in [6.07, 6.45) is 0.699. The molecule has 1 heterocycles. The molecule has 3 rings (SSSR count). The summed E-state index contributed by atoms with van der Waals surface area (Å²) in [5, 5.41) is 9.59. The largest absolute Gasteiger partial charge is 0.508 e. The van der Waals surface area contributed by atoms with Crippen molar-refractivity contribution in [2.45, 2.75) is 13.0 Å². The number of phenols is 1. The van der Waals surface area contributed by atoms with Crippen molar-refractivity contribution in [1.82, 2.24) is 4.90 Å². The first-order valence-corrected chi connectivity index (χ1v) is 7.97. The van der Waals surface area contributed by atoms with Gasteiger partial charge in [0, 0.05) is 25.2 Å². The van der Waals surface area contributed by atoms with Crippen LogP contribution in [-0.2, 0) is 13.0 Å². The van der Waals surface area contributed by atoms with Crippen molar-refractivity contribution in [3.05, 3.63) is 47.0 Å². The van der Waals surface area contributed by atoms with E-state index in [0.717, 1.165) is 11.1 Å². The molecular formula is C19H21NO5. The van der Waals surface area contributed by atoms with Gasteiger partial charge in [0.2, 0.25) is 0 Å². The molecule has 0 atom stereocenters. The van der Waals surface area contributed by atoms with E-state index in [9.17, 15) is 9.90 Å². The molecule has 6 nitrogen and oxygen atoms in total. The van der Waals surface area contributed by atoms with Crippen LogP contribution in [-0.4, -0.2) is 43.8 Å². The minimum absolute atomic E-state index is 0.128. The predicted molar refractivity (Wildman–Crippen MR) is 92.6 cm³/mol. The average Bonchev–Trinajstić information content (AvgIpc) is 2.65. The highest BCUT2D eigenvalue weighted by atomic mass is 16.5. The second-order valence-electron chi connectivity index (χ2n) is 5.84. The maximum atomic E-state index is 13.0. The number of hydrogen-bond acceptors (Lipinski definition) is 5. The summed E-state index contributed by atoms with van der Waals surface area (Å²) < 4.78 is 15.9. The first-order valence-electron chi connectivity index (χ1n) is 7.97. The van der Waals surface area contributed by atoms with E-state index in [1.54, 1.807) is 29.2 Å². The molecule has 6 heteroatoms. The van der Waals surface area contributed by atoms with Gasteiger partial charge in [0.05, 0.1) is 26.9 Å². The van der Waals surface area contributed by atoms with Gasteiger partial charge < -0.3 is 24.2 Å². The molecule has 0 unspecified atom stereocenters. The SMILES string of the molecule is COc1cc(OC)c(C(=O)N2CCc3cc(O)ccc3C2)cc1OC. The van der Waals surface area contributed by atoms with E-state index in [4.69, 9.17) is 14.2 Å². The predicted octanol–water partition coefficient (Wildman–Crippen LogP) is 2.62. The summed E-state index contributed by atoms with van der Waals surface area (Å²) in [4.78, 5) is 14.8. The molecule has 1 aliphatic rings. The van der Waals surface area contributed by atoms with Crippen LogP contribution in [0, 0.1) is 0 Å². The Labute approximate surface area is 146 Å². The third-order valence-corrected chi connectivity index (χ3v) is 4.43. The standard InChI is InChI=1S/C19H21NO5/c1-23-16-10-18(25-3)17(24-2)9-15(16)19(22)20-7-6-12-8-14(21)5-4-13(12)11-20/h4-5,8-10,21H,6-7,11H2,1-3H3. The Bertz CT molecular complexity index is 803. The Balaban J connectivity index is 1.92. The Hall–Kier alpha value is -2.89. The highest BCUT2D eigenvalue weighted by molar-refractivity contribution is 5.98. The Morgan fingerprint density at radius 3 is 2.32 bits per heavy atom. The van der Waals surface area contributed by atoms with Crippen LogP contribution < -0.4 is 14.2 Å². The number of aromatic hydroxyl groups is 1. The first-order chi connectivity index (χ1) is 12.1. The smallest absolute Gasteiger partial charge is 0.258 e. The van der Waals surface area contributed by atoms with Gasteiger partial charge >= 0.3 is 0 Å². The number of fused-ring (bicyclic) bond motifs is 1. The summed E-state index contributed by atoms with van der Waals surface area (Å²) in [7, 11) is 4.59. The monoisotopic (exact) mass is 343 g/mol. The Kier molecular flexibility index (Phi) is 4.70. The fraction of sp³-hybridized carbons (Fsp3) is 0.316. The second-order valence-corrected chi connectivity index (χ2v) is 5.84. The summed E-state index contributed by atoms with van der Waals surface area (Å²) in [6, 6.07) is 8.56. The molecule has 0 saturated carbocycles. The number of rotatable bonds is 4. The van der Waals surface area contributed by atoms with Gasteiger partial charge in [0.1, 0.15) is 11.5 Å². The summed E-state index contributed by atoms with van der Waals surface area (Å²) in [6.45, 7) is 1.07. The third kappa shape index (κ3) is 3.20. The van der Waals surface area contributed by atoms with Crippen LogP contribution in [0.4, 0.5) is 0 Å². The molecule has 1 N–H and O–H groups in total. The number of nitrogens with zero attached hydrogens (tertiary/aromatic N) is 1. The number of ether oxygens (including phenoxy) is 3. The lowest BCUT2D eigenvalue weighted by molar-refractivity contribution is 0.0730. The summed E-state index contributed by atoms with van der Waals surface area (Å²) in [5.74, 6) is 1.56. The van der Waals surface area contributed by atoms with Crippen molar-refractivity contribution in [3.63, 3.8) is 0 Å². The molecule has 0 fully saturated rings. The van der Waals surface area contributed by atoms with Crippen LogP contribution in [0.2, 0.25) is 0 Å². The van der Waals surface area contributed by atoms with Crippen LogP contribution in [0.1, 0.15) is 21.5 Å². The van der Waals surface area contributed by atoms with E-state index in [0.29, 0.717) is 42.3 Å². The van der Waals surface area contributed by atoms with Crippen molar-refractivity contribution in [3.8, 4) is 23.0 Å². The normalized spacial score (nSPS) is 13.2. The summed E-state index contributed by atoms with van der Waals surface area (Å²) in [5.41, 5.74) is 2.54. The zero-order valence-corrected chi connectivity index (χ0v) is 14.5. The number of benzene rings is 2. The van der Waals surface area contributed by atoms with E-state index < -0.39 is 0 Å². The summed E-state index contributed by atoms with van der Waals surface area (Å²) >= 11 is 0. The third-order valence-electron chi connectivity index (χ3n) is 4.43. The molecule has 0 radical (unpaired) electrons. The lowest BCUT2D eigenvalue weighted by atomic mass is 9.98. The van der Waals surface area contributed by atoms with E-state index in [-0.39, 0.29) is 11.7 Å². The minimum atomic E-state index is -0.128. The van der Waals surface area contributed by atoms with Gasteiger partial charge in [-0.3, -0.25) is 4.79 Å². The number of carbonyl (C=O) groups excluding carboxylic acids is 1. The number of hydrogen-bond donors (Lipinski definition) is 1. The van der Waals surface area contributed by atoms with Gasteiger partial charge in [0.25, 0.3) is 5.91 Å². The van der Waals surface area contributed by atoms with Gasteiger partial charge in [0.15, 0.2) is 11.5 Å². The van der Waals surface area contributed by atoms with Crippen LogP contribution in [0.15, 0.2) is 30.3 Å². The zero-order valence-electron chi connectivity index (χ0n) is 14.5.